The molecule has 0 aromatic heterocycles. The molecule has 0 fully saturated rings. The summed E-state index contributed by atoms with van der Waals surface area (Å²) in [7, 11) is 0. The Hall–Kier alpha value is -2.78. The lowest BCUT2D eigenvalue weighted by Gasteiger charge is -2.14. The minimum absolute atomic E-state index is 0.0395. The number of nitro benzene ring substituents is 1. The molecule has 0 saturated carbocycles. The number of hydrogen-bond donors (Lipinski definition) is 1. The number of halogens is 1. The van der Waals surface area contributed by atoms with Crippen molar-refractivity contribution in [2.45, 2.75) is 19.5 Å². The zero-order valence-electron chi connectivity index (χ0n) is 11.9. The van der Waals surface area contributed by atoms with Crippen LogP contribution in [0.1, 0.15) is 29.7 Å². The molecule has 2 rings (SSSR count). The van der Waals surface area contributed by atoms with Gasteiger partial charge in [0.25, 0.3) is 5.69 Å². The van der Waals surface area contributed by atoms with Gasteiger partial charge in [-0.05, 0) is 30.7 Å². The number of nitrogens with zero attached hydrogens (tertiary/aromatic N) is 2. The summed E-state index contributed by atoms with van der Waals surface area (Å²) in [5.74, 6) is -0.603. The molecule has 0 aliphatic rings. The molecule has 1 atom stereocenters. The van der Waals surface area contributed by atoms with Crippen molar-refractivity contribution in [1.29, 1.82) is 5.26 Å². The Labute approximate surface area is 127 Å². The molecule has 0 unspecified atom stereocenters. The maximum Gasteiger partial charge on any atom is 0.272 e. The van der Waals surface area contributed by atoms with Gasteiger partial charge in [0.05, 0.1) is 22.6 Å². The van der Waals surface area contributed by atoms with E-state index < -0.39 is 10.7 Å². The molecule has 5 nitrogen and oxygen atoms in total. The van der Waals surface area contributed by atoms with Gasteiger partial charge in [0.15, 0.2) is 0 Å². The summed E-state index contributed by atoms with van der Waals surface area (Å²) in [6.07, 6.45) is 0. The first-order valence-electron chi connectivity index (χ1n) is 6.67. The minimum atomic E-state index is -0.625. The van der Waals surface area contributed by atoms with Gasteiger partial charge in [-0.15, -0.1) is 0 Å². The quantitative estimate of drug-likeness (QED) is 0.677. The summed E-state index contributed by atoms with van der Waals surface area (Å²) >= 11 is 0. The number of nitriles is 1. The van der Waals surface area contributed by atoms with E-state index in [0.29, 0.717) is 11.1 Å². The fraction of sp³-hybridized carbons (Fsp3) is 0.188. The number of benzene rings is 2. The second-order valence-electron chi connectivity index (χ2n) is 4.87. The Morgan fingerprint density at radius 2 is 2.00 bits per heavy atom. The normalized spacial score (nSPS) is 11.7. The molecule has 2 aromatic carbocycles. The van der Waals surface area contributed by atoms with Crippen molar-refractivity contribution in [1.82, 2.24) is 5.32 Å². The van der Waals surface area contributed by atoms with Crippen molar-refractivity contribution in [3.05, 3.63) is 75.1 Å². The number of hydrogen-bond acceptors (Lipinski definition) is 4. The molecule has 2 aromatic rings. The fourth-order valence-electron chi connectivity index (χ4n) is 2.02. The van der Waals surface area contributed by atoms with Crippen molar-refractivity contribution >= 4 is 5.69 Å². The highest BCUT2D eigenvalue weighted by atomic mass is 19.1. The van der Waals surface area contributed by atoms with Crippen LogP contribution in [-0.4, -0.2) is 4.92 Å². The molecule has 0 radical (unpaired) electrons. The van der Waals surface area contributed by atoms with E-state index in [1.165, 1.54) is 12.1 Å². The lowest BCUT2D eigenvalue weighted by atomic mass is 10.1. The fourth-order valence-corrected chi connectivity index (χ4v) is 2.02. The molecule has 0 heterocycles. The molecule has 112 valence electrons. The Balaban J connectivity index is 2.03. The number of rotatable bonds is 5. The molecule has 22 heavy (non-hydrogen) atoms. The maximum atomic E-state index is 13.8. The minimum Gasteiger partial charge on any atom is -0.306 e. The van der Waals surface area contributed by atoms with Gasteiger partial charge < -0.3 is 5.32 Å². The summed E-state index contributed by atoms with van der Waals surface area (Å²) < 4.78 is 13.8. The zero-order valence-corrected chi connectivity index (χ0v) is 11.9. The van der Waals surface area contributed by atoms with E-state index in [9.17, 15) is 14.5 Å². The van der Waals surface area contributed by atoms with Gasteiger partial charge in [-0.1, -0.05) is 12.1 Å². The van der Waals surface area contributed by atoms with Crippen LogP contribution in [0, 0.1) is 27.3 Å². The van der Waals surface area contributed by atoms with E-state index in [-0.39, 0.29) is 18.3 Å². The second-order valence-corrected chi connectivity index (χ2v) is 4.87. The van der Waals surface area contributed by atoms with Crippen LogP contribution in [0.25, 0.3) is 0 Å². The summed E-state index contributed by atoms with van der Waals surface area (Å²) in [5, 5.41) is 22.5. The number of nitro groups is 1. The van der Waals surface area contributed by atoms with E-state index in [1.54, 1.807) is 12.1 Å². The highest BCUT2D eigenvalue weighted by Crippen LogP contribution is 2.18. The van der Waals surface area contributed by atoms with Crippen LogP contribution in [0.4, 0.5) is 10.1 Å². The number of nitrogens with one attached hydrogen (secondary N) is 1. The predicted octanol–water partition coefficient (Wildman–Crippen LogP) is 3.46. The van der Waals surface area contributed by atoms with Crippen LogP contribution < -0.4 is 5.32 Å². The molecule has 0 saturated heterocycles. The van der Waals surface area contributed by atoms with Crippen LogP contribution in [0.15, 0.2) is 42.5 Å². The average Bonchev–Trinajstić information content (AvgIpc) is 2.53. The summed E-state index contributed by atoms with van der Waals surface area (Å²) in [6.45, 7) is 2.18. The Morgan fingerprint density at radius 1 is 1.32 bits per heavy atom. The van der Waals surface area contributed by atoms with E-state index in [1.807, 2.05) is 25.1 Å². The lowest BCUT2D eigenvalue weighted by molar-refractivity contribution is -0.385. The highest BCUT2D eigenvalue weighted by Gasteiger charge is 2.12. The first-order valence-corrected chi connectivity index (χ1v) is 6.67. The van der Waals surface area contributed by atoms with E-state index in [0.717, 1.165) is 11.6 Å². The maximum absolute atomic E-state index is 13.8. The Kier molecular flexibility index (Phi) is 4.81. The van der Waals surface area contributed by atoms with Gasteiger partial charge >= 0.3 is 0 Å². The van der Waals surface area contributed by atoms with Crippen molar-refractivity contribution in [2.24, 2.45) is 0 Å². The van der Waals surface area contributed by atoms with E-state index >= 15 is 0 Å². The lowest BCUT2D eigenvalue weighted by Crippen LogP contribution is -2.18. The first-order chi connectivity index (χ1) is 10.5. The number of non-ortho nitro benzene ring substituents is 1. The molecule has 0 amide bonds. The van der Waals surface area contributed by atoms with Gasteiger partial charge in [-0.2, -0.15) is 5.26 Å². The van der Waals surface area contributed by atoms with Crippen LogP contribution in [0.5, 0.6) is 0 Å². The average molecular weight is 299 g/mol. The van der Waals surface area contributed by atoms with Crippen LogP contribution in [0.2, 0.25) is 0 Å². The van der Waals surface area contributed by atoms with Gasteiger partial charge in [0.1, 0.15) is 5.82 Å². The standard InChI is InChI=1S/C16H14FN3O2/c1-11(13-4-2-12(9-18)3-5-13)19-10-14-6-7-15(20(21)22)8-16(14)17/h2-8,11,19H,10H2,1H3/t11-/m1/s1. The smallest absolute Gasteiger partial charge is 0.272 e. The third kappa shape index (κ3) is 3.65. The van der Waals surface area contributed by atoms with E-state index in [4.69, 9.17) is 5.26 Å². The molecule has 0 aliphatic carbocycles. The summed E-state index contributed by atoms with van der Waals surface area (Å²) in [6, 6.07) is 12.7. The van der Waals surface area contributed by atoms with Crippen molar-refractivity contribution in [2.75, 3.05) is 0 Å². The summed E-state index contributed by atoms with van der Waals surface area (Å²) in [4.78, 5) is 9.94. The van der Waals surface area contributed by atoms with E-state index in [2.05, 4.69) is 5.32 Å². The predicted molar refractivity (Wildman–Crippen MR) is 79.5 cm³/mol. The van der Waals surface area contributed by atoms with Crippen molar-refractivity contribution in [3.8, 4) is 6.07 Å². The Bertz CT molecular complexity index is 723. The van der Waals surface area contributed by atoms with Crippen LogP contribution in [0.3, 0.4) is 0 Å². The SMILES string of the molecule is C[C@@H](NCc1ccc([N+](=O)[O-])cc1F)c1ccc(C#N)cc1. The molecule has 0 spiro atoms. The largest absolute Gasteiger partial charge is 0.306 e. The summed E-state index contributed by atoms with van der Waals surface area (Å²) in [5.41, 5.74) is 1.66. The molecule has 1 N–H and O–H groups in total. The van der Waals surface area contributed by atoms with Gasteiger partial charge in [-0.3, -0.25) is 10.1 Å². The van der Waals surface area contributed by atoms with Crippen molar-refractivity contribution in [3.63, 3.8) is 0 Å². The van der Waals surface area contributed by atoms with Crippen LogP contribution in [-0.2, 0) is 6.54 Å². The molecular formula is C16H14FN3O2. The highest BCUT2D eigenvalue weighted by molar-refractivity contribution is 5.35. The van der Waals surface area contributed by atoms with Crippen LogP contribution >= 0.6 is 0 Å². The molecule has 6 heteroatoms. The molecule has 0 aliphatic heterocycles. The third-order valence-corrected chi connectivity index (χ3v) is 3.39. The van der Waals surface area contributed by atoms with Gasteiger partial charge in [0, 0.05) is 24.2 Å². The zero-order chi connectivity index (χ0) is 16.1. The Morgan fingerprint density at radius 3 is 2.55 bits per heavy atom. The monoisotopic (exact) mass is 299 g/mol. The van der Waals surface area contributed by atoms with Crippen molar-refractivity contribution < 1.29 is 9.31 Å². The first kappa shape index (κ1) is 15.6. The topological polar surface area (TPSA) is 79.0 Å². The van der Waals surface area contributed by atoms with Gasteiger partial charge in [0.2, 0.25) is 0 Å². The second kappa shape index (κ2) is 6.78. The third-order valence-electron chi connectivity index (χ3n) is 3.39. The van der Waals surface area contributed by atoms with Gasteiger partial charge in [-0.25, -0.2) is 4.39 Å². The molecule has 0 bridgehead atoms. The molecular weight excluding hydrogens is 285 g/mol.